The van der Waals surface area contributed by atoms with Crippen molar-refractivity contribution in [3.63, 3.8) is 0 Å². The molecule has 3 aromatic rings. The van der Waals surface area contributed by atoms with Gasteiger partial charge in [-0.15, -0.1) is 0 Å². The van der Waals surface area contributed by atoms with Crippen LogP contribution < -0.4 is 14.8 Å². The molecular weight excluding hydrogens is 334 g/mol. The Labute approximate surface area is 160 Å². The Morgan fingerprint density at radius 1 is 0.852 bits per heavy atom. The number of carbonyl (C=O) groups excluding carboxylic acids is 1. The van der Waals surface area contributed by atoms with Gasteiger partial charge < -0.3 is 4.90 Å². The monoisotopic (exact) mass is 359 g/mol. The number of piperazine rings is 1. The lowest BCUT2D eigenvalue weighted by molar-refractivity contribution is -0.892. The van der Waals surface area contributed by atoms with Crippen LogP contribution in [0.2, 0.25) is 0 Å². The lowest BCUT2D eigenvalue weighted by atomic mass is 10.0. The lowest BCUT2D eigenvalue weighted by Crippen LogP contribution is -3.15. The second-order valence-corrected chi connectivity index (χ2v) is 7.03. The van der Waals surface area contributed by atoms with Crippen molar-refractivity contribution in [2.24, 2.45) is 0 Å². The van der Waals surface area contributed by atoms with Crippen molar-refractivity contribution < 1.29 is 14.7 Å². The Morgan fingerprint density at radius 2 is 1.52 bits per heavy atom. The van der Waals surface area contributed by atoms with E-state index in [1.165, 1.54) is 10.5 Å². The van der Waals surface area contributed by atoms with Gasteiger partial charge in [0.2, 0.25) is 5.78 Å². The number of hydrogen-bond acceptors (Lipinski definition) is 2. The number of nitrogens with zero attached hydrogens (tertiary/aromatic N) is 1. The van der Waals surface area contributed by atoms with Gasteiger partial charge in [0.25, 0.3) is 5.82 Å². The zero-order valence-corrected chi connectivity index (χ0v) is 15.4. The van der Waals surface area contributed by atoms with Gasteiger partial charge in [-0.3, -0.25) is 9.69 Å². The smallest absolute Gasteiger partial charge is 0.274 e. The number of aromatic amines is 1. The van der Waals surface area contributed by atoms with E-state index in [0.29, 0.717) is 6.54 Å². The van der Waals surface area contributed by atoms with E-state index in [4.69, 9.17) is 0 Å². The Balaban J connectivity index is 1.33. The van der Waals surface area contributed by atoms with Crippen molar-refractivity contribution in [2.45, 2.75) is 0 Å². The van der Waals surface area contributed by atoms with Crippen LogP contribution in [-0.2, 0) is 0 Å². The van der Waals surface area contributed by atoms with Crippen LogP contribution in [0.3, 0.4) is 0 Å². The van der Waals surface area contributed by atoms with E-state index in [1.807, 2.05) is 60.8 Å². The van der Waals surface area contributed by atoms with E-state index in [0.717, 1.165) is 43.1 Å². The van der Waals surface area contributed by atoms with Crippen LogP contribution in [0.5, 0.6) is 0 Å². The molecule has 2 aromatic carbocycles. The summed E-state index contributed by atoms with van der Waals surface area (Å²) in [5.74, 6) is 1.38. The summed E-state index contributed by atoms with van der Waals surface area (Å²) in [4.78, 5) is 19.7. The van der Waals surface area contributed by atoms with Gasteiger partial charge in [-0.05, 0) is 17.2 Å². The van der Waals surface area contributed by atoms with Gasteiger partial charge in [-0.25, -0.2) is 4.98 Å². The van der Waals surface area contributed by atoms with Gasteiger partial charge in [0.1, 0.15) is 32.7 Å². The molecule has 2 N–H and O–H groups in total. The van der Waals surface area contributed by atoms with Crippen molar-refractivity contribution >= 4 is 11.6 Å². The van der Waals surface area contributed by atoms with Gasteiger partial charge in [-0.1, -0.05) is 60.7 Å². The number of benzene rings is 2. The molecule has 4 rings (SSSR count). The summed E-state index contributed by atoms with van der Waals surface area (Å²) >= 11 is 0. The molecule has 27 heavy (non-hydrogen) atoms. The topological polar surface area (TPSA) is 38.9 Å². The minimum absolute atomic E-state index is 0.226. The summed E-state index contributed by atoms with van der Waals surface area (Å²) in [6.45, 7) is 4.47. The maximum absolute atomic E-state index is 12.7. The predicted octanol–water partition coefficient (Wildman–Crippen LogP) is 1.76. The number of H-pyrrole nitrogens is 1. The van der Waals surface area contributed by atoms with Gasteiger partial charge in [0.15, 0.2) is 0 Å². The number of Topliss-reactive ketones (excluding diaryl/α,β-unsaturated/α-hetero) is 1. The molecule has 4 heteroatoms. The molecule has 0 unspecified atom stereocenters. The second-order valence-electron chi connectivity index (χ2n) is 7.03. The molecule has 1 aliphatic heterocycles. The molecule has 0 radical (unpaired) electrons. The highest BCUT2D eigenvalue weighted by Gasteiger charge is 2.27. The quantitative estimate of drug-likeness (QED) is 0.705. The molecule has 136 valence electrons. The molecule has 1 aliphatic rings. The van der Waals surface area contributed by atoms with E-state index in [1.54, 1.807) is 0 Å². The maximum atomic E-state index is 12.7. The molecule has 1 aromatic heterocycles. The molecule has 0 bridgehead atoms. The Morgan fingerprint density at radius 3 is 2.19 bits per heavy atom. The third-order valence-electron chi connectivity index (χ3n) is 5.23. The molecule has 0 aliphatic carbocycles. The molecule has 0 saturated carbocycles. The number of quaternary nitrogens is 1. The fourth-order valence-corrected chi connectivity index (χ4v) is 3.63. The van der Waals surface area contributed by atoms with Crippen LogP contribution >= 0.6 is 0 Å². The van der Waals surface area contributed by atoms with Gasteiger partial charge in [-0.2, -0.15) is 0 Å². The number of pyridine rings is 1. The average molecular weight is 359 g/mol. The fourth-order valence-electron chi connectivity index (χ4n) is 3.63. The summed E-state index contributed by atoms with van der Waals surface area (Å²) in [5, 5.41) is 0. The lowest BCUT2D eigenvalue weighted by Gasteiger charge is -2.27. The van der Waals surface area contributed by atoms with E-state index in [-0.39, 0.29) is 5.78 Å². The highest BCUT2D eigenvalue weighted by molar-refractivity contribution is 5.97. The Bertz CT molecular complexity index is 871. The number of nitrogens with one attached hydrogen (secondary N) is 2. The van der Waals surface area contributed by atoms with Crippen molar-refractivity contribution in [3.05, 3.63) is 84.6 Å². The van der Waals surface area contributed by atoms with Crippen LogP contribution in [0, 0.1) is 0 Å². The third kappa shape index (κ3) is 4.23. The highest BCUT2D eigenvalue weighted by Crippen LogP contribution is 2.19. The third-order valence-corrected chi connectivity index (χ3v) is 5.23. The van der Waals surface area contributed by atoms with Crippen LogP contribution in [-0.4, -0.2) is 38.5 Å². The second kappa shape index (κ2) is 8.14. The van der Waals surface area contributed by atoms with Gasteiger partial charge >= 0.3 is 0 Å². The number of rotatable bonds is 5. The van der Waals surface area contributed by atoms with Crippen LogP contribution in [0.1, 0.15) is 10.4 Å². The molecular formula is C23H25N3O+2. The van der Waals surface area contributed by atoms with E-state index < -0.39 is 0 Å². The van der Waals surface area contributed by atoms with Gasteiger partial charge in [0.05, 0.1) is 6.20 Å². The first-order valence-corrected chi connectivity index (χ1v) is 9.53. The SMILES string of the molecule is O=C(C[NH+]1CCN(c2cccc[nH+]2)CC1)c1ccc(-c2ccccc2)cc1. The summed E-state index contributed by atoms with van der Waals surface area (Å²) in [7, 11) is 0. The molecule has 2 heterocycles. The minimum Gasteiger partial charge on any atom is -0.322 e. The summed E-state index contributed by atoms with van der Waals surface area (Å²) in [5.41, 5.74) is 3.13. The zero-order chi connectivity index (χ0) is 18.5. The zero-order valence-electron chi connectivity index (χ0n) is 15.4. The first-order valence-electron chi connectivity index (χ1n) is 9.53. The Kier molecular flexibility index (Phi) is 5.26. The molecule has 0 atom stereocenters. The van der Waals surface area contributed by atoms with Gasteiger partial charge in [0, 0.05) is 11.6 Å². The van der Waals surface area contributed by atoms with Crippen molar-refractivity contribution in [1.29, 1.82) is 0 Å². The largest absolute Gasteiger partial charge is 0.322 e. The van der Waals surface area contributed by atoms with Crippen LogP contribution in [0.15, 0.2) is 79.0 Å². The maximum Gasteiger partial charge on any atom is 0.274 e. The van der Waals surface area contributed by atoms with Crippen molar-refractivity contribution in [3.8, 4) is 11.1 Å². The fraction of sp³-hybridized carbons (Fsp3) is 0.217. The minimum atomic E-state index is 0.226. The number of hydrogen-bond donors (Lipinski definition) is 1. The Hall–Kier alpha value is -2.98. The van der Waals surface area contributed by atoms with Crippen molar-refractivity contribution in [2.75, 3.05) is 37.6 Å². The molecule has 0 amide bonds. The first kappa shape index (κ1) is 17.4. The summed E-state index contributed by atoms with van der Waals surface area (Å²) in [6, 6.07) is 24.4. The molecule has 0 spiro atoms. The molecule has 1 saturated heterocycles. The standard InChI is InChI=1S/C23H23N3O/c27-22(21-11-9-20(10-12-21)19-6-2-1-3-7-19)18-25-14-16-26(17-15-25)23-8-4-5-13-24-23/h1-13H,14-18H2/p+2. The van der Waals surface area contributed by atoms with Crippen LogP contribution in [0.4, 0.5) is 5.82 Å². The number of aromatic nitrogens is 1. The van der Waals surface area contributed by atoms with Crippen LogP contribution in [0.25, 0.3) is 11.1 Å². The summed E-state index contributed by atoms with van der Waals surface area (Å²) < 4.78 is 0. The predicted molar refractivity (Wildman–Crippen MR) is 107 cm³/mol. The highest BCUT2D eigenvalue weighted by atomic mass is 16.1. The van der Waals surface area contributed by atoms with E-state index in [2.05, 4.69) is 28.1 Å². The number of carbonyl (C=O) groups is 1. The van der Waals surface area contributed by atoms with Crippen molar-refractivity contribution in [1.82, 2.24) is 0 Å². The summed E-state index contributed by atoms with van der Waals surface area (Å²) in [6.07, 6.45) is 1.96. The number of anilines is 1. The number of ketones is 1. The van der Waals surface area contributed by atoms with E-state index in [9.17, 15) is 4.79 Å². The normalized spacial score (nSPS) is 14.9. The first-order chi connectivity index (χ1) is 13.3. The molecule has 1 fully saturated rings. The molecule has 4 nitrogen and oxygen atoms in total. The van der Waals surface area contributed by atoms with E-state index >= 15 is 0 Å². The average Bonchev–Trinajstić information content (AvgIpc) is 2.76.